The summed E-state index contributed by atoms with van der Waals surface area (Å²) in [5.74, 6) is 0.697. The number of nitrogens with zero attached hydrogens (tertiary/aromatic N) is 1. The quantitative estimate of drug-likeness (QED) is 0.614. The lowest BCUT2D eigenvalue weighted by atomic mass is 9.67. The van der Waals surface area contributed by atoms with Crippen molar-refractivity contribution in [3.05, 3.63) is 33.9 Å². The molecule has 1 N–H and O–H groups in total. The van der Waals surface area contributed by atoms with Crippen LogP contribution in [0.15, 0.2) is 18.2 Å². The van der Waals surface area contributed by atoms with E-state index >= 15 is 0 Å². The molecule has 1 fully saturated rings. The highest BCUT2D eigenvalue weighted by molar-refractivity contribution is 5.43. The highest BCUT2D eigenvalue weighted by atomic mass is 16.6. The molecule has 0 unspecified atom stereocenters. The smallest absolute Gasteiger partial charge is 0.270 e. The van der Waals surface area contributed by atoms with E-state index in [0.29, 0.717) is 17.7 Å². The summed E-state index contributed by atoms with van der Waals surface area (Å²) < 4.78 is 5.27. The molecule has 0 aromatic heterocycles. The van der Waals surface area contributed by atoms with E-state index in [9.17, 15) is 10.1 Å². The first-order valence-corrected chi connectivity index (χ1v) is 7.12. The van der Waals surface area contributed by atoms with Crippen LogP contribution in [-0.4, -0.2) is 18.6 Å². The van der Waals surface area contributed by atoms with Crippen LogP contribution in [0.1, 0.15) is 38.2 Å². The third-order valence-corrected chi connectivity index (χ3v) is 4.45. The lowest BCUT2D eigenvalue weighted by Gasteiger charge is -2.41. The zero-order valence-corrected chi connectivity index (χ0v) is 12.1. The van der Waals surface area contributed by atoms with Gasteiger partial charge in [0.25, 0.3) is 5.69 Å². The minimum absolute atomic E-state index is 0.108. The molecule has 20 heavy (non-hydrogen) atoms. The summed E-state index contributed by atoms with van der Waals surface area (Å²) >= 11 is 0. The molecule has 1 aliphatic rings. The van der Waals surface area contributed by atoms with E-state index in [-0.39, 0.29) is 10.6 Å². The van der Waals surface area contributed by atoms with Crippen LogP contribution in [0.3, 0.4) is 0 Å². The summed E-state index contributed by atoms with van der Waals surface area (Å²) in [6, 6.07) is 4.72. The number of nitro groups is 1. The number of nitrogens with one attached hydrogen (secondary N) is 1. The normalized spacial score (nSPS) is 16.5. The van der Waals surface area contributed by atoms with Crippen molar-refractivity contribution in [1.29, 1.82) is 0 Å². The van der Waals surface area contributed by atoms with Crippen molar-refractivity contribution in [2.24, 2.45) is 5.41 Å². The van der Waals surface area contributed by atoms with Gasteiger partial charge in [-0.2, -0.15) is 0 Å². The van der Waals surface area contributed by atoms with E-state index in [1.165, 1.54) is 31.7 Å². The predicted molar refractivity (Wildman–Crippen MR) is 77.9 cm³/mol. The monoisotopic (exact) mass is 278 g/mol. The Balaban J connectivity index is 2.00. The van der Waals surface area contributed by atoms with Crippen molar-refractivity contribution in [3.8, 4) is 5.75 Å². The number of methoxy groups -OCH3 is 1. The molecule has 0 spiro atoms. The fourth-order valence-electron chi connectivity index (χ4n) is 2.81. The number of hydrogen-bond donors (Lipinski definition) is 1. The summed E-state index contributed by atoms with van der Waals surface area (Å²) in [5.41, 5.74) is 1.39. The zero-order chi connectivity index (χ0) is 14.6. The Bertz CT molecular complexity index is 478. The third kappa shape index (κ3) is 3.10. The van der Waals surface area contributed by atoms with E-state index in [2.05, 4.69) is 12.2 Å². The van der Waals surface area contributed by atoms with Gasteiger partial charge in [-0.15, -0.1) is 0 Å². The van der Waals surface area contributed by atoms with Gasteiger partial charge in [0.2, 0.25) is 0 Å². The molecule has 0 heterocycles. The van der Waals surface area contributed by atoms with Gasteiger partial charge in [0, 0.05) is 30.8 Å². The predicted octanol–water partition coefficient (Wildman–Crippen LogP) is 3.27. The highest BCUT2D eigenvalue weighted by Gasteiger charge is 2.34. The Morgan fingerprint density at radius 1 is 1.45 bits per heavy atom. The molecule has 0 bridgehead atoms. The van der Waals surface area contributed by atoms with Crippen molar-refractivity contribution < 1.29 is 9.66 Å². The Hall–Kier alpha value is -1.62. The average Bonchev–Trinajstić information content (AvgIpc) is 2.41. The molecule has 0 radical (unpaired) electrons. The lowest BCUT2D eigenvalue weighted by molar-refractivity contribution is -0.384. The van der Waals surface area contributed by atoms with Gasteiger partial charge >= 0.3 is 0 Å². The van der Waals surface area contributed by atoms with Crippen molar-refractivity contribution >= 4 is 5.69 Å². The van der Waals surface area contributed by atoms with E-state index in [0.717, 1.165) is 12.1 Å². The Labute approximate surface area is 119 Å². The van der Waals surface area contributed by atoms with E-state index in [4.69, 9.17) is 4.74 Å². The van der Waals surface area contributed by atoms with Gasteiger partial charge in [-0.05, 0) is 30.7 Å². The summed E-state index contributed by atoms with van der Waals surface area (Å²) in [7, 11) is 1.59. The van der Waals surface area contributed by atoms with Gasteiger partial charge in [0.05, 0.1) is 12.0 Å². The van der Waals surface area contributed by atoms with Crippen LogP contribution in [0.25, 0.3) is 0 Å². The first-order valence-electron chi connectivity index (χ1n) is 7.12. The third-order valence-electron chi connectivity index (χ3n) is 4.45. The van der Waals surface area contributed by atoms with Crippen molar-refractivity contribution in [1.82, 2.24) is 5.32 Å². The molecule has 0 aliphatic heterocycles. The minimum atomic E-state index is -0.373. The molecular weight excluding hydrogens is 256 g/mol. The molecule has 0 saturated heterocycles. The van der Waals surface area contributed by atoms with E-state index in [1.807, 2.05) is 0 Å². The molecule has 0 atom stereocenters. The highest BCUT2D eigenvalue weighted by Crippen LogP contribution is 2.43. The number of benzene rings is 1. The number of non-ortho nitro benzene ring substituents is 1. The summed E-state index contributed by atoms with van der Waals surface area (Å²) in [5, 5.41) is 14.3. The second kappa shape index (κ2) is 6.22. The van der Waals surface area contributed by atoms with Gasteiger partial charge in [-0.1, -0.05) is 13.3 Å². The van der Waals surface area contributed by atoms with Crippen LogP contribution in [0.2, 0.25) is 0 Å². The van der Waals surface area contributed by atoms with Gasteiger partial charge in [0.1, 0.15) is 5.75 Å². The minimum Gasteiger partial charge on any atom is -0.496 e. The van der Waals surface area contributed by atoms with Crippen LogP contribution < -0.4 is 10.1 Å². The standard InChI is InChI=1S/C15H22N2O3/c1-3-15(7-4-8-15)11-16-10-12-9-13(17(18)19)5-6-14(12)20-2/h5-6,9,16H,3-4,7-8,10-11H2,1-2H3. The first-order chi connectivity index (χ1) is 9.60. The van der Waals surface area contributed by atoms with Crippen LogP contribution in [0.5, 0.6) is 5.75 Å². The maximum Gasteiger partial charge on any atom is 0.270 e. The van der Waals surface area contributed by atoms with Crippen molar-refractivity contribution in [2.45, 2.75) is 39.2 Å². The van der Waals surface area contributed by atoms with Gasteiger partial charge in [-0.3, -0.25) is 10.1 Å². The Morgan fingerprint density at radius 3 is 2.70 bits per heavy atom. The molecule has 2 rings (SSSR count). The molecular formula is C15H22N2O3. The molecule has 1 aliphatic carbocycles. The number of nitro benzene ring substituents is 1. The molecule has 5 nitrogen and oxygen atoms in total. The van der Waals surface area contributed by atoms with Crippen LogP contribution >= 0.6 is 0 Å². The molecule has 1 saturated carbocycles. The largest absolute Gasteiger partial charge is 0.496 e. The van der Waals surface area contributed by atoms with Gasteiger partial charge in [-0.25, -0.2) is 0 Å². The van der Waals surface area contributed by atoms with Gasteiger partial charge in [0.15, 0.2) is 0 Å². The second-order valence-electron chi connectivity index (χ2n) is 5.56. The number of hydrogen-bond acceptors (Lipinski definition) is 4. The maximum atomic E-state index is 10.8. The van der Waals surface area contributed by atoms with E-state index < -0.39 is 0 Å². The van der Waals surface area contributed by atoms with Crippen LogP contribution in [0.4, 0.5) is 5.69 Å². The van der Waals surface area contributed by atoms with Crippen LogP contribution in [-0.2, 0) is 6.54 Å². The molecule has 1 aromatic rings. The zero-order valence-electron chi connectivity index (χ0n) is 12.1. The van der Waals surface area contributed by atoms with Crippen molar-refractivity contribution in [3.63, 3.8) is 0 Å². The average molecular weight is 278 g/mol. The lowest BCUT2D eigenvalue weighted by Crippen LogP contribution is -2.39. The molecule has 5 heteroatoms. The maximum absolute atomic E-state index is 10.8. The molecule has 110 valence electrons. The van der Waals surface area contributed by atoms with Crippen molar-refractivity contribution in [2.75, 3.05) is 13.7 Å². The fourth-order valence-corrected chi connectivity index (χ4v) is 2.81. The summed E-state index contributed by atoms with van der Waals surface area (Å²) in [4.78, 5) is 10.5. The van der Waals surface area contributed by atoms with E-state index in [1.54, 1.807) is 19.2 Å². The topological polar surface area (TPSA) is 64.4 Å². The molecule has 1 aromatic carbocycles. The Morgan fingerprint density at radius 2 is 2.20 bits per heavy atom. The first kappa shape index (κ1) is 14.8. The SMILES string of the molecule is CCC1(CNCc2cc([N+](=O)[O-])ccc2OC)CCC1. The number of rotatable bonds is 7. The fraction of sp³-hybridized carbons (Fsp3) is 0.600. The summed E-state index contributed by atoms with van der Waals surface area (Å²) in [6.07, 6.45) is 5.06. The van der Waals surface area contributed by atoms with Crippen LogP contribution in [0, 0.1) is 15.5 Å². The van der Waals surface area contributed by atoms with Gasteiger partial charge < -0.3 is 10.1 Å². The summed E-state index contributed by atoms with van der Waals surface area (Å²) in [6.45, 7) is 3.80. The second-order valence-corrected chi connectivity index (χ2v) is 5.56. The number of ether oxygens (including phenoxy) is 1. The Kier molecular flexibility index (Phi) is 4.60. The molecule has 0 amide bonds.